The summed E-state index contributed by atoms with van der Waals surface area (Å²) in [6, 6.07) is 0. The molecule has 2 fully saturated rings. The van der Waals surface area contributed by atoms with E-state index in [4.69, 9.17) is 4.74 Å². The fourth-order valence-electron chi connectivity index (χ4n) is 3.73. The highest BCUT2D eigenvalue weighted by Gasteiger charge is 2.24. The molecule has 0 amide bonds. The monoisotopic (exact) mass is 326 g/mol. The Morgan fingerprint density at radius 3 is 2.13 bits per heavy atom. The molecule has 0 aromatic carbocycles. The van der Waals surface area contributed by atoms with Crippen LogP contribution in [0.15, 0.2) is 0 Å². The van der Waals surface area contributed by atoms with Crippen LogP contribution in [0.2, 0.25) is 0 Å². The molecule has 0 bridgehead atoms. The van der Waals surface area contributed by atoms with Crippen LogP contribution in [0, 0.1) is 11.8 Å². The number of carbonyl (C=O) groups is 1. The van der Waals surface area contributed by atoms with Gasteiger partial charge in [-0.25, -0.2) is 0 Å². The van der Waals surface area contributed by atoms with Crippen LogP contribution in [0.1, 0.15) is 46.0 Å². The molecule has 2 aliphatic rings. The lowest BCUT2D eigenvalue weighted by Gasteiger charge is -2.35. The van der Waals surface area contributed by atoms with E-state index in [0.29, 0.717) is 18.9 Å². The summed E-state index contributed by atoms with van der Waals surface area (Å²) in [6.07, 6.45) is 4.87. The summed E-state index contributed by atoms with van der Waals surface area (Å²) in [5.74, 6) is 1.22. The molecule has 1 atom stereocenters. The number of nitrogens with zero attached hydrogens (tertiary/aromatic N) is 2. The molecular formula is C18H34N2O3. The highest BCUT2D eigenvalue weighted by atomic mass is 16.5. The molecule has 0 aliphatic carbocycles. The third kappa shape index (κ3) is 6.77. The summed E-state index contributed by atoms with van der Waals surface area (Å²) < 4.78 is 5.03. The van der Waals surface area contributed by atoms with Crippen molar-refractivity contribution >= 4 is 5.97 Å². The number of rotatable bonds is 7. The summed E-state index contributed by atoms with van der Waals surface area (Å²) in [7, 11) is 0. The number of carbonyl (C=O) groups excluding carboxylic acids is 1. The lowest BCUT2D eigenvalue weighted by Crippen LogP contribution is -2.45. The van der Waals surface area contributed by atoms with E-state index in [0.717, 1.165) is 58.0 Å². The first-order valence-corrected chi connectivity index (χ1v) is 9.35. The van der Waals surface area contributed by atoms with Crippen LogP contribution in [0.25, 0.3) is 0 Å². The van der Waals surface area contributed by atoms with Gasteiger partial charge in [-0.3, -0.25) is 4.79 Å². The lowest BCUT2D eigenvalue weighted by molar-refractivity contribution is -0.144. The SMILES string of the molecule is CCOC(=O)CC1CCN(CC(O)CN2CCC(C)CC2)CC1. The van der Waals surface area contributed by atoms with Gasteiger partial charge in [0.25, 0.3) is 0 Å². The van der Waals surface area contributed by atoms with Gasteiger partial charge in [-0.05, 0) is 70.6 Å². The van der Waals surface area contributed by atoms with Gasteiger partial charge in [-0.1, -0.05) is 6.92 Å². The molecule has 5 nitrogen and oxygen atoms in total. The van der Waals surface area contributed by atoms with Crippen molar-refractivity contribution < 1.29 is 14.6 Å². The van der Waals surface area contributed by atoms with Crippen LogP contribution in [0.5, 0.6) is 0 Å². The van der Waals surface area contributed by atoms with Crippen LogP contribution >= 0.6 is 0 Å². The second-order valence-corrected chi connectivity index (χ2v) is 7.39. The third-order valence-corrected chi connectivity index (χ3v) is 5.28. The zero-order chi connectivity index (χ0) is 16.7. The smallest absolute Gasteiger partial charge is 0.306 e. The molecule has 134 valence electrons. The van der Waals surface area contributed by atoms with Crippen LogP contribution in [-0.4, -0.2) is 72.9 Å². The average molecular weight is 326 g/mol. The summed E-state index contributed by atoms with van der Waals surface area (Å²) in [5, 5.41) is 10.3. The Hall–Kier alpha value is -0.650. The number of hydrogen-bond donors (Lipinski definition) is 1. The zero-order valence-electron chi connectivity index (χ0n) is 14.9. The number of likely N-dealkylation sites (tertiary alicyclic amines) is 2. The van der Waals surface area contributed by atoms with Crippen molar-refractivity contribution in [3.05, 3.63) is 0 Å². The first kappa shape index (κ1) is 18.7. The number of aliphatic hydroxyl groups excluding tert-OH is 1. The minimum Gasteiger partial charge on any atom is -0.466 e. The van der Waals surface area contributed by atoms with Gasteiger partial charge in [0.05, 0.1) is 12.7 Å². The number of aliphatic hydroxyl groups is 1. The molecule has 0 saturated carbocycles. The Kier molecular flexibility index (Phi) is 7.80. The zero-order valence-corrected chi connectivity index (χ0v) is 14.9. The number of piperidine rings is 2. The van der Waals surface area contributed by atoms with Crippen LogP contribution < -0.4 is 0 Å². The Labute approximate surface area is 141 Å². The van der Waals surface area contributed by atoms with Crippen molar-refractivity contribution in [2.75, 3.05) is 45.9 Å². The number of esters is 1. The molecular weight excluding hydrogens is 292 g/mol. The van der Waals surface area contributed by atoms with Crippen molar-refractivity contribution in [3.63, 3.8) is 0 Å². The van der Waals surface area contributed by atoms with Crippen LogP contribution in [0.4, 0.5) is 0 Å². The van der Waals surface area contributed by atoms with Crippen molar-refractivity contribution in [3.8, 4) is 0 Å². The van der Waals surface area contributed by atoms with Gasteiger partial charge < -0.3 is 19.6 Å². The fourth-order valence-corrected chi connectivity index (χ4v) is 3.73. The van der Waals surface area contributed by atoms with Gasteiger partial charge in [-0.2, -0.15) is 0 Å². The Bertz CT molecular complexity index is 348. The van der Waals surface area contributed by atoms with Crippen LogP contribution in [0.3, 0.4) is 0 Å². The number of β-amino-alcohol motifs (C(OH)–C–C–N with tert-alkyl or cyclic N) is 1. The van der Waals surface area contributed by atoms with Gasteiger partial charge in [-0.15, -0.1) is 0 Å². The third-order valence-electron chi connectivity index (χ3n) is 5.28. The van der Waals surface area contributed by atoms with E-state index in [2.05, 4.69) is 16.7 Å². The van der Waals surface area contributed by atoms with Crippen molar-refractivity contribution in [2.24, 2.45) is 11.8 Å². The van der Waals surface area contributed by atoms with Crippen molar-refractivity contribution in [2.45, 2.75) is 52.1 Å². The second kappa shape index (κ2) is 9.60. The Morgan fingerprint density at radius 2 is 1.61 bits per heavy atom. The normalized spacial score (nSPS) is 23.8. The highest BCUT2D eigenvalue weighted by molar-refractivity contribution is 5.69. The van der Waals surface area contributed by atoms with Gasteiger partial charge in [0, 0.05) is 19.5 Å². The molecule has 1 N–H and O–H groups in total. The first-order chi connectivity index (χ1) is 11.1. The average Bonchev–Trinajstić information content (AvgIpc) is 2.52. The standard InChI is InChI=1S/C18H34N2O3/c1-3-23-18(22)12-16-6-10-20(11-7-16)14-17(21)13-19-8-4-15(2)5-9-19/h15-17,21H,3-14H2,1-2H3. The predicted octanol–water partition coefficient (Wildman–Crippen LogP) is 1.74. The van der Waals surface area contributed by atoms with Gasteiger partial charge in [0.2, 0.25) is 0 Å². The van der Waals surface area contributed by atoms with E-state index in [-0.39, 0.29) is 12.1 Å². The Morgan fingerprint density at radius 1 is 1.09 bits per heavy atom. The molecule has 0 radical (unpaired) electrons. The second-order valence-electron chi connectivity index (χ2n) is 7.39. The Balaban J connectivity index is 1.61. The maximum absolute atomic E-state index is 11.5. The van der Waals surface area contributed by atoms with E-state index in [1.807, 2.05) is 6.92 Å². The molecule has 2 aliphatic heterocycles. The van der Waals surface area contributed by atoms with E-state index in [1.165, 1.54) is 12.8 Å². The molecule has 2 saturated heterocycles. The molecule has 2 heterocycles. The first-order valence-electron chi connectivity index (χ1n) is 9.35. The van der Waals surface area contributed by atoms with E-state index >= 15 is 0 Å². The molecule has 0 aromatic rings. The topological polar surface area (TPSA) is 53.0 Å². The predicted molar refractivity (Wildman–Crippen MR) is 91.3 cm³/mol. The maximum atomic E-state index is 11.5. The van der Waals surface area contributed by atoms with E-state index in [1.54, 1.807) is 0 Å². The molecule has 0 aromatic heterocycles. The minimum atomic E-state index is -0.259. The van der Waals surface area contributed by atoms with Gasteiger partial charge in [0.1, 0.15) is 0 Å². The van der Waals surface area contributed by atoms with Gasteiger partial charge >= 0.3 is 5.97 Å². The molecule has 1 unspecified atom stereocenters. The summed E-state index contributed by atoms with van der Waals surface area (Å²) in [5.41, 5.74) is 0. The maximum Gasteiger partial charge on any atom is 0.306 e. The highest BCUT2D eigenvalue weighted by Crippen LogP contribution is 2.21. The van der Waals surface area contributed by atoms with Crippen LogP contribution in [-0.2, 0) is 9.53 Å². The molecule has 2 rings (SSSR count). The summed E-state index contributed by atoms with van der Waals surface area (Å²) >= 11 is 0. The summed E-state index contributed by atoms with van der Waals surface area (Å²) in [4.78, 5) is 16.3. The molecule has 0 spiro atoms. The van der Waals surface area contributed by atoms with Crippen molar-refractivity contribution in [1.82, 2.24) is 9.80 Å². The summed E-state index contributed by atoms with van der Waals surface area (Å²) in [6.45, 7) is 10.4. The lowest BCUT2D eigenvalue weighted by atomic mass is 9.93. The van der Waals surface area contributed by atoms with E-state index in [9.17, 15) is 9.90 Å². The quantitative estimate of drug-likeness (QED) is 0.722. The van der Waals surface area contributed by atoms with Gasteiger partial charge in [0.15, 0.2) is 0 Å². The minimum absolute atomic E-state index is 0.0645. The number of hydrogen-bond acceptors (Lipinski definition) is 5. The largest absolute Gasteiger partial charge is 0.466 e. The van der Waals surface area contributed by atoms with Crippen molar-refractivity contribution in [1.29, 1.82) is 0 Å². The fraction of sp³-hybridized carbons (Fsp3) is 0.944. The number of ether oxygens (including phenoxy) is 1. The molecule has 23 heavy (non-hydrogen) atoms. The molecule has 5 heteroatoms. The van der Waals surface area contributed by atoms with E-state index < -0.39 is 0 Å².